The Labute approximate surface area is 173 Å². The van der Waals surface area contributed by atoms with Crippen molar-refractivity contribution in [2.45, 2.75) is 25.2 Å². The van der Waals surface area contributed by atoms with E-state index in [-0.39, 0.29) is 5.91 Å². The van der Waals surface area contributed by atoms with E-state index in [9.17, 15) is 4.79 Å². The lowest BCUT2D eigenvalue weighted by Gasteiger charge is -2.14. The molecule has 0 spiro atoms. The topological polar surface area (TPSA) is 77.2 Å². The Morgan fingerprint density at radius 1 is 1.10 bits per heavy atom. The molecule has 150 valence electrons. The van der Waals surface area contributed by atoms with Gasteiger partial charge in [-0.25, -0.2) is 0 Å². The van der Waals surface area contributed by atoms with Crippen molar-refractivity contribution in [1.82, 2.24) is 10.1 Å². The van der Waals surface area contributed by atoms with Gasteiger partial charge in [-0.1, -0.05) is 35.5 Å². The maximum absolute atomic E-state index is 13.3. The first-order valence-corrected chi connectivity index (χ1v) is 9.88. The van der Waals surface area contributed by atoms with Crippen LogP contribution in [0.15, 0.2) is 65.2 Å². The molecule has 0 saturated heterocycles. The molecule has 1 N–H and O–H groups in total. The normalized spacial score (nSPS) is 14.5. The van der Waals surface area contributed by atoms with Crippen molar-refractivity contribution >= 4 is 22.5 Å². The van der Waals surface area contributed by atoms with Crippen LogP contribution in [0.25, 0.3) is 22.2 Å². The van der Waals surface area contributed by atoms with Crippen LogP contribution in [0.4, 0.5) is 5.69 Å². The first-order chi connectivity index (χ1) is 14.6. The van der Waals surface area contributed by atoms with E-state index in [1.807, 2.05) is 67.6 Å². The third-order valence-corrected chi connectivity index (χ3v) is 5.63. The first-order valence-electron chi connectivity index (χ1n) is 9.88. The lowest BCUT2D eigenvalue weighted by molar-refractivity contribution is -0.118. The number of hydrogen-bond acceptors (Lipinski definition) is 5. The number of methoxy groups -OCH3 is 1. The van der Waals surface area contributed by atoms with E-state index in [1.54, 1.807) is 7.11 Å². The molecule has 1 amide bonds. The molecule has 0 atom stereocenters. The lowest BCUT2D eigenvalue weighted by Crippen LogP contribution is -2.28. The fourth-order valence-corrected chi connectivity index (χ4v) is 3.79. The van der Waals surface area contributed by atoms with Gasteiger partial charge in [0.1, 0.15) is 5.75 Å². The van der Waals surface area contributed by atoms with Crippen molar-refractivity contribution in [2.75, 3.05) is 12.4 Å². The van der Waals surface area contributed by atoms with Gasteiger partial charge >= 0.3 is 0 Å². The van der Waals surface area contributed by atoms with E-state index in [2.05, 4.69) is 15.5 Å². The highest BCUT2D eigenvalue weighted by molar-refractivity contribution is 6.06. The molecule has 1 saturated carbocycles. The van der Waals surface area contributed by atoms with Crippen molar-refractivity contribution in [2.24, 2.45) is 0 Å². The summed E-state index contributed by atoms with van der Waals surface area (Å²) in [5.41, 5.74) is 3.35. The second-order valence-electron chi connectivity index (χ2n) is 7.67. The number of ether oxygens (including phenoxy) is 1. The van der Waals surface area contributed by atoms with Crippen LogP contribution >= 0.6 is 0 Å². The smallest absolute Gasteiger partial charge is 0.236 e. The number of benzene rings is 2. The van der Waals surface area contributed by atoms with E-state index >= 15 is 0 Å². The average molecular weight is 399 g/mol. The van der Waals surface area contributed by atoms with Gasteiger partial charge in [0.15, 0.2) is 5.76 Å². The lowest BCUT2D eigenvalue weighted by atomic mass is 9.99. The Balaban J connectivity index is 1.44. The van der Waals surface area contributed by atoms with Crippen LogP contribution in [0, 0.1) is 6.92 Å². The third kappa shape index (κ3) is 3.10. The molecule has 1 aliphatic carbocycles. The Morgan fingerprint density at radius 2 is 1.93 bits per heavy atom. The van der Waals surface area contributed by atoms with Crippen LogP contribution in [-0.2, 0) is 10.2 Å². The quantitative estimate of drug-likeness (QED) is 0.518. The first kappa shape index (κ1) is 18.4. The van der Waals surface area contributed by atoms with Gasteiger partial charge in [-0.2, -0.15) is 0 Å². The molecule has 2 aromatic heterocycles. The largest absolute Gasteiger partial charge is 0.497 e. The summed E-state index contributed by atoms with van der Waals surface area (Å²) < 4.78 is 10.9. The number of aromatic nitrogens is 2. The number of pyridine rings is 1. The summed E-state index contributed by atoms with van der Waals surface area (Å²) in [7, 11) is 1.62. The molecule has 2 aromatic carbocycles. The highest BCUT2D eigenvalue weighted by atomic mass is 16.5. The number of aryl methyl sites for hydroxylation is 1. The highest BCUT2D eigenvalue weighted by Gasteiger charge is 2.54. The zero-order valence-corrected chi connectivity index (χ0v) is 16.8. The zero-order chi connectivity index (χ0) is 20.7. The van der Waals surface area contributed by atoms with Gasteiger partial charge < -0.3 is 14.6 Å². The van der Waals surface area contributed by atoms with E-state index in [1.165, 1.54) is 0 Å². The van der Waals surface area contributed by atoms with Crippen LogP contribution < -0.4 is 10.1 Å². The Hall–Kier alpha value is -3.67. The third-order valence-electron chi connectivity index (χ3n) is 5.63. The molecular formula is C24H21N3O3. The van der Waals surface area contributed by atoms with E-state index in [0.717, 1.165) is 46.4 Å². The summed E-state index contributed by atoms with van der Waals surface area (Å²) in [5, 5.41) is 8.27. The molecule has 4 aromatic rings. The van der Waals surface area contributed by atoms with Gasteiger partial charge in [-0.15, -0.1) is 0 Å². The number of amides is 1. The molecule has 0 radical (unpaired) electrons. The minimum atomic E-state index is -0.654. The van der Waals surface area contributed by atoms with Crippen LogP contribution in [-0.4, -0.2) is 23.2 Å². The minimum Gasteiger partial charge on any atom is -0.497 e. The number of nitrogens with zero attached hydrogens (tertiary/aromatic N) is 2. The van der Waals surface area contributed by atoms with E-state index in [4.69, 9.17) is 9.26 Å². The van der Waals surface area contributed by atoms with Crippen molar-refractivity contribution < 1.29 is 14.1 Å². The maximum Gasteiger partial charge on any atom is 0.236 e. The average Bonchev–Trinajstić information content (AvgIpc) is 3.43. The van der Waals surface area contributed by atoms with Gasteiger partial charge in [0, 0.05) is 22.7 Å². The standard InChI is InChI=1S/C24H21N3O3/c1-15-12-20(18-8-3-4-9-19(18)25-15)26-23(28)24(10-11-24)22-14-21(30-27-22)16-6-5-7-17(13-16)29-2/h3-9,12-14H,10-11H2,1-2H3,(H,25,26,28). The minimum absolute atomic E-state index is 0.0660. The number of carbonyl (C=O) groups excluding carboxylic acids is 1. The molecule has 0 unspecified atom stereocenters. The Morgan fingerprint density at radius 3 is 2.73 bits per heavy atom. The summed E-state index contributed by atoms with van der Waals surface area (Å²) in [4.78, 5) is 17.8. The number of para-hydroxylation sites is 1. The molecule has 5 rings (SSSR count). The number of anilines is 1. The van der Waals surface area contributed by atoms with E-state index in [0.29, 0.717) is 11.5 Å². The molecule has 6 nitrogen and oxygen atoms in total. The molecular weight excluding hydrogens is 378 g/mol. The van der Waals surface area contributed by atoms with Gasteiger partial charge in [-0.05, 0) is 44.0 Å². The number of fused-ring (bicyclic) bond motifs is 1. The summed E-state index contributed by atoms with van der Waals surface area (Å²) in [6.45, 7) is 1.92. The molecule has 0 aliphatic heterocycles. The zero-order valence-electron chi connectivity index (χ0n) is 16.8. The predicted octanol–water partition coefficient (Wildman–Crippen LogP) is 4.88. The summed E-state index contributed by atoms with van der Waals surface area (Å²) in [6, 6.07) is 19.1. The second kappa shape index (κ2) is 6.99. The SMILES string of the molecule is COc1cccc(-c2cc(C3(C(=O)Nc4cc(C)nc5ccccc45)CC3)no2)c1. The number of carbonyl (C=O) groups is 1. The predicted molar refractivity (Wildman–Crippen MR) is 115 cm³/mol. The summed E-state index contributed by atoms with van der Waals surface area (Å²) in [5.74, 6) is 1.29. The van der Waals surface area contributed by atoms with Gasteiger partial charge in [0.25, 0.3) is 0 Å². The maximum atomic E-state index is 13.3. The summed E-state index contributed by atoms with van der Waals surface area (Å²) >= 11 is 0. The molecule has 1 aliphatic rings. The molecule has 1 fully saturated rings. The Kier molecular flexibility index (Phi) is 4.28. The van der Waals surface area contributed by atoms with Crippen LogP contribution in [0.1, 0.15) is 24.2 Å². The fourth-order valence-electron chi connectivity index (χ4n) is 3.79. The highest BCUT2D eigenvalue weighted by Crippen LogP contribution is 2.49. The molecule has 30 heavy (non-hydrogen) atoms. The number of nitrogens with one attached hydrogen (secondary N) is 1. The van der Waals surface area contributed by atoms with Gasteiger partial charge in [0.05, 0.1) is 29.4 Å². The molecule has 2 heterocycles. The second-order valence-corrected chi connectivity index (χ2v) is 7.67. The molecule has 6 heteroatoms. The van der Waals surface area contributed by atoms with Crippen LogP contribution in [0.5, 0.6) is 5.75 Å². The van der Waals surface area contributed by atoms with Gasteiger partial charge in [-0.3, -0.25) is 9.78 Å². The number of rotatable bonds is 5. The monoisotopic (exact) mass is 399 g/mol. The molecule has 0 bridgehead atoms. The van der Waals surface area contributed by atoms with Crippen molar-refractivity contribution in [3.8, 4) is 17.1 Å². The summed E-state index contributed by atoms with van der Waals surface area (Å²) in [6.07, 6.45) is 1.48. The van der Waals surface area contributed by atoms with Crippen molar-refractivity contribution in [3.63, 3.8) is 0 Å². The fraction of sp³-hybridized carbons (Fsp3) is 0.208. The van der Waals surface area contributed by atoms with Gasteiger partial charge in [0.2, 0.25) is 5.91 Å². The van der Waals surface area contributed by atoms with Crippen LogP contribution in [0.3, 0.4) is 0 Å². The number of hydrogen-bond donors (Lipinski definition) is 1. The van der Waals surface area contributed by atoms with E-state index < -0.39 is 5.41 Å². The van der Waals surface area contributed by atoms with Crippen molar-refractivity contribution in [1.29, 1.82) is 0 Å². The Bertz CT molecular complexity index is 1260. The van der Waals surface area contributed by atoms with Crippen molar-refractivity contribution in [3.05, 3.63) is 72.1 Å². The van der Waals surface area contributed by atoms with Crippen LogP contribution in [0.2, 0.25) is 0 Å².